The van der Waals surface area contributed by atoms with Gasteiger partial charge in [-0.25, -0.2) is 18.2 Å². The number of anilines is 1. The summed E-state index contributed by atoms with van der Waals surface area (Å²) < 4.78 is 31.8. The number of methoxy groups -OCH3 is 1. The summed E-state index contributed by atoms with van der Waals surface area (Å²) in [5.41, 5.74) is 0.0455. The molecule has 0 aliphatic carbocycles. The summed E-state index contributed by atoms with van der Waals surface area (Å²) in [6.45, 7) is 1.29. The van der Waals surface area contributed by atoms with Crippen LogP contribution in [0.15, 0.2) is 23.2 Å². The van der Waals surface area contributed by atoms with Gasteiger partial charge < -0.3 is 4.74 Å². The van der Waals surface area contributed by atoms with Gasteiger partial charge in [-0.1, -0.05) is 11.6 Å². The molecule has 0 aromatic heterocycles. The van der Waals surface area contributed by atoms with Crippen molar-refractivity contribution < 1.29 is 22.7 Å². The summed E-state index contributed by atoms with van der Waals surface area (Å²) in [4.78, 5) is 26.3. The third-order valence-corrected chi connectivity index (χ3v) is 4.84. The van der Waals surface area contributed by atoms with Crippen molar-refractivity contribution >= 4 is 45.0 Å². The zero-order valence-corrected chi connectivity index (χ0v) is 13.2. The quantitative estimate of drug-likeness (QED) is 0.850. The van der Waals surface area contributed by atoms with Gasteiger partial charge in [-0.15, -0.1) is 0 Å². The van der Waals surface area contributed by atoms with E-state index in [0.29, 0.717) is 5.75 Å². The highest BCUT2D eigenvalue weighted by molar-refractivity contribution is 7.94. The molecule has 2 N–H and O–H groups in total. The Labute approximate surface area is 131 Å². The fourth-order valence-corrected chi connectivity index (χ4v) is 3.60. The van der Waals surface area contributed by atoms with E-state index in [2.05, 4.69) is 9.71 Å². The van der Waals surface area contributed by atoms with Crippen LogP contribution in [0.3, 0.4) is 0 Å². The van der Waals surface area contributed by atoms with Gasteiger partial charge in [-0.2, -0.15) is 0 Å². The SMILES string of the molecule is COc1ccc(NS(=O)(=O)C2C(=O)NC(=O)N=C2C)cc1Cl. The summed E-state index contributed by atoms with van der Waals surface area (Å²) >= 11 is 5.91. The number of carbonyl (C=O) groups excluding carboxylic acids is 2. The molecule has 22 heavy (non-hydrogen) atoms. The van der Waals surface area contributed by atoms with E-state index in [0.717, 1.165) is 0 Å². The lowest BCUT2D eigenvalue weighted by Crippen LogP contribution is -2.51. The van der Waals surface area contributed by atoms with Crippen LogP contribution in [0.4, 0.5) is 10.5 Å². The van der Waals surface area contributed by atoms with E-state index >= 15 is 0 Å². The van der Waals surface area contributed by atoms with Crippen LogP contribution in [0.2, 0.25) is 5.02 Å². The smallest absolute Gasteiger partial charge is 0.347 e. The van der Waals surface area contributed by atoms with Crippen molar-refractivity contribution in [3.8, 4) is 5.75 Å². The lowest BCUT2D eigenvalue weighted by atomic mass is 10.2. The molecule has 1 heterocycles. The number of nitrogens with one attached hydrogen (secondary N) is 2. The Morgan fingerprint density at radius 3 is 2.59 bits per heavy atom. The number of sulfonamides is 1. The zero-order chi connectivity index (χ0) is 16.5. The van der Waals surface area contributed by atoms with Crippen molar-refractivity contribution in [2.75, 3.05) is 11.8 Å². The molecule has 0 bridgehead atoms. The molecule has 0 saturated heterocycles. The Kier molecular flexibility index (Phi) is 4.38. The van der Waals surface area contributed by atoms with Gasteiger partial charge in [0.15, 0.2) is 5.25 Å². The van der Waals surface area contributed by atoms with Crippen molar-refractivity contribution in [2.24, 2.45) is 4.99 Å². The molecule has 8 nitrogen and oxygen atoms in total. The lowest BCUT2D eigenvalue weighted by molar-refractivity contribution is -0.118. The van der Waals surface area contributed by atoms with Crippen LogP contribution in [0.5, 0.6) is 5.75 Å². The highest BCUT2D eigenvalue weighted by Gasteiger charge is 2.39. The second-order valence-corrected chi connectivity index (χ2v) is 6.60. The van der Waals surface area contributed by atoms with Crippen LogP contribution in [0, 0.1) is 0 Å². The number of urea groups is 1. The minimum Gasteiger partial charge on any atom is -0.495 e. The number of imide groups is 1. The van der Waals surface area contributed by atoms with E-state index in [-0.39, 0.29) is 16.4 Å². The van der Waals surface area contributed by atoms with Gasteiger partial charge in [-0.05, 0) is 25.1 Å². The van der Waals surface area contributed by atoms with Crippen LogP contribution in [-0.2, 0) is 14.8 Å². The molecule has 118 valence electrons. The normalized spacial score (nSPS) is 18.5. The zero-order valence-electron chi connectivity index (χ0n) is 11.6. The Morgan fingerprint density at radius 2 is 2.05 bits per heavy atom. The largest absolute Gasteiger partial charge is 0.495 e. The highest BCUT2D eigenvalue weighted by Crippen LogP contribution is 2.28. The monoisotopic (exact) mass is 345 g/mol. The maximum atomic E-state index is 12.3. The fraction of sp³-hybridized carbons (Fsp3) is 0.250. The van der Waals surface area contributed by atoms with E-state index in [1.54, 1.807) is 0 Å². The van der Waals surface area contributed by atoms with E-state index in [4.69, 9.17) is 16.3 Å². The summed E-state index contributed by atoms with van der Waals surface area (Å²) in [5.74, 6) is -0.576. The van der Waals surface area contributed by atoms with Gasteiger partial charge in [0, 0.05) is 0 Å². The number of hydrogen-bond acceptors (Lipinski definition) is 5. The minimum absolute atomic E-state index is 0.110. The molecular formula is C12H12ClN3O5S. The van der Waals surface area contributed by atoms with E-state index in [1.807, 2.05) is 5.32 Å². The third kappa shape index (κ3) is 3.20. The average Bonchev–Trinajstić information content (AvgIpc) is 2.36. The molecule has 0 saturated carbocycles. The molecule has 0 spiro atoms. The minimum atomic E-state index is -4.14. The first-order valence-corrected chi connectivity index (χ1v) is 7.92. The number of halogens is 1. The average molecular weight is 346 g/mol. The van der Waals surface area contributed by atoms with Crippen molar-refractivity contribution in [1.29, 1.82) is 0 Å². The first-order valence-electron chi connectivity index (χ1n) is 6.00. The Bertz CT molecular complexity index is 775. The summed E-state index contributed by atoms with van der Waals surface area (Å²) in [6, 6.07) is 3.36. The standard InChI is InChI=1S/C12H12ClN3O5S/c1-6-10(11(17)15-12(18)14-6)22(19,20)16-7-3-4-9(21-2)8(13)5-7/h3-5,10,16H,1-2H3,(H,15,17,18). The Balaban J connectivity index is 2.32. The van der Waals surface area contributed by atoms with Crippen LogP contribution >= 0.6 is 11.6 Å². The molecule has 3 amide bonds. The number of amides is 3. The third-order valence-electron chi connectivity index (χ3n) is 2.85. The molecule has 10 heteroatoms. The topological polar surface area (TPSA) is 114 Å². The second kappa shape index (κ2) is 5.93. The molecule has 2 rings (SSSR count). The molecule has 1 aliphatic rings. The molecule has 0 fully saturated rings. The maximum Gasteiger partial charge on any atom is 0.347 e. The highest BCUT2D eigenvalue weighted by atomic mass is 35.5. The van der Waals surface area contributed by atoms with Crippen molar-refractivity contribution in [3.05, 3.63) is 23.2 Å². The fourth-order valence-electron chi connectivity index (χ4n) is 1.93. The molecule has 1 aliphatic heterocycles. The molecule has 1 aromatic rings. The molecule has 1 unspecified atom stereocenters. The Hall–Kier alpha value is -2.13. The molecular weight excluding hydrogens is 334 g/mol. The number of rotatable bonds is 4. The number of carbonyl (C=O) groups is 2. The predicted molar refractivity (Wildman–Crippen MR) is 81.0 cm³/mol. The van der Waals surface area contributed by atoms with Crippen LogP contribution in [0.25, 0.3) is 0 Å². The van der Waals surface area contributed by atoms with E-state index in [1.165, 1.54) is 32.2 Å². The van der Waals surface area contributed by atoms with Gasteiger partial charge in [0.25, 0.3) is 5.91 Å². The van der Waals surface area contributed by atoms with Crippen LogP contribution < -0.4 is 14.8 Å². The molecule has 0 radical (unpaired) electrons. The van der Waals surface area contributed by atoms with Crippen molar-refractivity contribution in [3.63, 3.8) is 0 Å². The lowest BCUT2D eigenvalue weighted by Gasteiger charge is -2.20. The van der Waals surface area contributed by atoms with E-state index in [9.17, 15) is 18.0 Å². The number of aliphatic imine (C=N–C) groups is 1. The maximum absolute atomic E-state index is 12.3. The molecule has 1 atom stereocenters. The van der Waals surface area contributed by atoms with Crippen molar-refractivity contribution in [2.45, 2.75) is 12.2 Å². The van der Waals surface area contributed by atoms with Crippen molar-refractivity contribution in [1.82, 2.24) is 5.32 Å². The number of nitrogens with zero attached hydrogens (tertiary/aromatic N) is 1. The van der Waals surface area contributed by atoms with Gasteiger partial charge in [0.2, 0.25) is 10.0 Å². The number of hydrogen-bond donors (Lipinski definition) is 2. The van der Waals surface area contributed by atoms with Gasteiger partial charge in [0.05, 0.1) is 23.5 Å². The van der Waals surface area contributed by atoms with Gasteiger partial charge in [-0.3, -0.25) is 14.8 Å². The van der Waals surface area contributed by atoms with E-state index < -0.39 is 27.2 Å². The van der Waals surface area contributed by atoms with Crippen LogP contribution in [-0.4, -0.2) is 38.4 Å². The Morgan fingerprint density at radius 1 is 1.36 bits per heavy atom. The van der Waals surface area contributed by atoms with Gasteiger partial charge in [0.1, 0.15) is 5.75 Å². The van der Waals surface area contributed by atoms with Crippen LogP contribution in [0.1, 0.15) is 6.92 Å². The summed E-state index contributed by atoms with van der Waals surface area (Å²) in [5, 5.41) is 0.464. The predicted octanol–water partition coefficient (Wildman–Crippen LogP) is 1.17. The van der Waals surface area contributed by atoms with Gasteiger partial charge >= 0.3 is 6.03 Å². The first-order chi connectivity index (χ1) is 10.2. The number of ether oxygens (including phenoxy) is 1. The summed E-state index contributed by atoms with van der Waals surface area (Å²) in [6.07, 6.45) is 0. The number of benzene rings is 1. The first kappa shape index (κ1) is 16.2. The second-order valence-electron chi connectivity index (χ2n) is 4.42. The molecule has 1 aromatic carbocycles. The summed E-state index contributed by atoms with van der Waals surface area (Å²) in [7, 11) is -2.71.